The third-order valence-electron chi connectivity index (χ3n) is 3.39. The van der Waals surface area contributed by atoms with Crippen molar-refractivity contribution in [2.45, 2.75) is 25.1 Å². The Bertz CT molecular complexity index is 551. The van der Waals surface area contributed by atoms with E-state index < -0.39 is 25.4 Å². The van der Waals surface area contributed by atoms with Crippen molar-refractivity contribution in [2.24, 2.45) is 0 Å². The number of likely N-dealkylation sites (tertiary alicyclic amines) is 1. The van der Waals surface area contributed by atoms with Crippen molar-refractivity contribution in [1.82, 2.24) is 15.2 Å². The summed E-state index contributed by atoms with van der Waals surface area (Å²) in [6.45, 7) is -1.57. The number of halogens is 3. The van der Waals surface area contributed by atoms with E-state index in [9.17, 15) is 22.8 Å². The third kappa shape index (κ3) is 5.11. The van der Waals surface area contributed by atoms with Crippen LogP contribution in [0, 0.1) is 0 Å². The summed E-state index contributed by atoms with van der Waals surface area (Å²) >= 11 is 0. The fourth-order valence-electron chi connectivity index (χ4n) is 2.43. The molecule has 6 nitrogen and oxygen atoms in total. The van der Waals surface area contributed by atoms with Gasteiger partial charge in [0, 0.05) is 18.9 Å². The van der Waals surface area contributed by atoms with Crippen molar-refractivity contribution in [1.29, 1.82) is 0 Å². The Morgan fingerprint density at radius 3 is 2.87 bits per heavy atom. The second-order valence-corrected chi connectivity index (χ2v) is 5.08. The van der Waals surface area contributed by atoms with E-state index >= 15 is 0 Å². The summed E-state index contributed by atoms with van der Waals surface area (Å²) in [6.07, 6.45) is -0.987. The molecule has 0 aliphatic carbocycles. The van der Waals surface area contributed by atoms with Gasteiger partial charge in [-0.2, -0.15) is 13.2 Å². The van der Waals surface area contributed by atoms with E-state index in [2.05, 4.69) is 9.72 Å². The molecule has 0 spiro atoms. The zero-order valence-electron chi connectivity index (χ0n) is 12.2. The molecule has 1 N–H and O–H groups in total. The van der Waals surface area contributed by atoms with Crippen LogP contribution >= 0.6 is 0 Å². The highest BCUT2D eigenvalue weighted by Crippen LogP contribution is 2.31. The number of ether oxygens (including phenoxy) is 1. The van der Waals surface area contributed by atoms with E-state index in [-0.39, 0.29) is 11.9 Å². The van der Waals surface area contributed by atoms with Gasteiger partial charge < -0.3 is 15.0 Å². The Morgan fingerprint density at radius 2 is 2.22 bits per heavy atom. The average molecular weight is 331 g/mol. The Morgan fingerprint density at radius 1 is 1.43 bits per heavy atom. The van der Waals surface area contributed by atoms with Crippen molar-refractivity contribution in [3.63, 3.8) is 0 Å². The predicted octanol–water partition coefficient (Wildman–Crippen LogP) is 2.03. The maximum absolute atomic E-state index is 12.1. The van der Waals surface area contributed by atoms with Crippen LogP contribution in [-0.4, -0.2) is 47.8 Å². The van der Waals surface area contributed by atoms with Crippen molar-refractivity contribution in [3.8, 4) is 0 Å². The number of hydrogen-bond donors (Lipinski definition) is 1. The van der Waals surface area contributed by atoms with Gasteiger partial charge in [0.25, 0.3) is 0 Å². The van der Waals surface area contributed by atoms with Gasteiger partial charge in [-0.1, -0.05) is 6.07 Å². The van der Waals surface area contributed by atoms with Crippen LogP contribution in [0.4, 0.5) is 18.0 Å². The first-order valence-electron chi connectivity index (χ1n) is 7.03. The largest absolute Gasteiger partial charge is 0.440 e. The average Bonchev–Trinajstić information content (AvgIpc) is 3.00. The first-order valence-corrected chi connectivity index (χ1v) is 7.03. The molecule has 0 aromatic carbocycles. The van der Waals surface area contributed by atoms with Crippen LogP contribution in [0.2, 0.25) is 0 Å². The quantitative estimate of drug-likeness (QED) is 0.916. The summed E-state index contributed by atoms with van der Waals surface area (Å²) in [5.41, 5.74) is 0.887. The number of aromatic nitrogens is 1. The van der Waals surface area contributed by atoms with Gasteiger partial charge >= 0.3 is 12.3 Å². The van der Waals surface area contributed by atoms with Crippen molar-refractivity contribution < 1.29 is 27.5 Å². The van der Waals surface area contributed by atoms with Gasteiger partial charge in [-0.15, -0.1) is 0 Å². The lowest BCUT2D eigenvalue weighted by molar-refractivity contribution is -0.160. The number of amides is 2. The Kier molecular flexibility index (Phi) is 5.41. The highest BCUT2D eigenvalue weighted by molar-refractivity contribution is 5.82. The van der Waals surface area contributed by atoms with Crippen molar-refractivity contribution >= 4 is 12.0 Å². The van der Waals surface area contributed by atoms with Crippen LogP contribution in [0.5, 0.6) is 0 Å². The molecule has 1 aromatic rings. The van der Waals surface area contributed by atoms with E-state index in [1.807, 2.05) is 11.4 Å². The van der Waals surface area contributed by atoms with Gasteiger partial charge in [0.1, 0.15) is 6.54 Å². The molecule has 1 aliphatic heterocycles. The van der Waals surface area contributed by atoms with Gasteiger partial charge in [0.2, 0.25) is 5.91 Å². The maximum Gasteiger partial charge on any atom is 0.422 e. The van der Waals surface area contributed by atoms with E-state index in [0.29, 0.717) is 6.54 Å². The van der Waals surface area contributed by atoms with Crippen LogP contribution in [0.3, 0.4) is 0 Å². The van der Waals surface area contributed by atoms with Gasteiger partial charge in [0.15, 0.2) is 6.61 Å². The molecule has 126 valence electrons. The fraction of sp³-hybridized carbons (Fsp3) is 0.500. The molecular formula is C14H16F3N3O3. The molecule has 2 heterocycles. The van der Waals surface area contributed by atoms with Gasteiger partial charge in [0.05, 0.1) is 6.04 Å². The predicted molar refractivity (Wildman–Crippen MR) is 73.3 cm³/mol. The smallest absolute Gasteiger partial charge is 0.422 e. The minimum atomic E-state index is -4.60. The molecule has 1 saturated heterocycles. The molecule has 0 bridgehead atoms. The third-order valence-corrected chi connectivity index (χ3v) is 3.39. The number of hydrogen-bond acceptors (Lipinski definition) is 4. The lowest BCUT2D eigenvalue weighted by atomic mass is 10.1. The summed E-state index contributed by atoms with van der Waals surface area (Å²) in [5.74, 6) is -0.375. The number of nitrogens with zero attached hydrogens (tertiary/aromatic N) is 2. The minimum Gasteiger partial charge on any atom is -0.440 e. The second kappa shape index (κ2) is 7.30. The normalized spacial score (nSPS) is 17.9. The maximum atomic E-state index is 12.1. The molecule has 9 heteroatoms. The van der Waals surface area contributed by atoms with Crippen LogP contribution in [-0.2, 0) is 9.53 Å². The Labute approximate surface area is 130 Å². The molecule has 1 atom stereocenters. The van der Waals surface area contributed by atoms with Crippen molar-refractivity contribution in [3.05, 3.63) is 30.1 Å². The zero-order valence-corrected chi connectivity index (χ0v) is 12.2. The number of nitrogens with one attached hydrogen (secondary N) is 1. The number of carbonyl (C=O) groups excluding carboxylic acids is 2. The lowest BCUT2D eigenvalue weighted by Gasteiger charge is -2.25. The van der Waals surface area contributed by atoms with Gasteiger partial charge in [-0.3, -0.25) is 9.78 Å². The number of rotatable bonds is 4. The van der Waals surface area contributed by atoms with Crippen LogP contribution < -0.4 is 5.32 Å². The molecule has 0 unspecified atom stereocenters. The van der Waals surface area contributed by atoms with Crippen LogP contribution in [0.25, 0.3) is 0 Å². The number of carbonyl (C=O) groups is 2. The molecule has 0 saturated carbocycles. The van der Waals surface area contributed by atoms with Crippen molar-refractivity contribution in [2.75, 3.05) is 19.7 Å². The highest BCUT2D eigenvalue weighted by Gasteiger charge is 2.31. The second-order valence-electron chi connectivity index (χ2n) is 5.08. The molecule has 23 heavy (non-hydrogen) atoms. The summed E-state index contributed by atoms with van der Waals surface area (Å²) in [6, 6.07) is 3.49. The van der Waals surface area contributed by atoms with E-state index in [1.54, 1.807) is 23.4 Å². The highest BCUT2D eigenvalue weighted by atomic mass is 19.4. The molecule has 1 fully saturated rings. The SMILES string of the molecule is O=C(NCC(=O)N1CCC[C@H]1c1cccnc1)OCC(F)(F)F. The van der Waals surface area contributed by atoms with Crippen LogP contribution in [0.1, 0.15) is 24.4 Å². The number of alkyl halides is 3. The molecule has 1 aliphatic rings. The summed E-state index contributed by atoms with van der Waals surface area (Å²) in [7, 11) is 0. The topological polar surface area (TPSA) is 71.5 Å². The summed E-state index contributed by atoms with van der Waals surface area (Å²) in [5, 5.41) is 2.04. The van der Waals surface area contributed by atoms with Gasteiger partial charge in [-0.25, -0.2) is 4.79 Å². The lowest BCUT2D eigenvalue weighted by Crippen LogP contribution is -2.40. The molecule has 0 radical (unpaired) electrons. The molecule has 1 aromatic heterocycles. The van der Waals surface area contributed by atoms with E-state index in [4.69, 9.17) is 0 Å². The zero-order chi connectivity index (χ0) is 16.9. The minimum absolute atomic E-state index is 0.135. The molecular weight excluding hydrogens is 315 g/mol. The summed E-state index contributed by atoms with van der Waals surface area (Å²) < 4.78 is 39.7. The Hall–Kier alpha value is -2.32. The van der Waals surface area contributed by atoms with E-state index in [1.165, 1.54) is 0 Å². The Balaban J connectivity index is 1.84. The standard InChI is InChI=1S/C14H16F3N3O3/c15-14(16,17)9-23-13(22)19-8-12(21)20-6-2-4-11(20)10-3-1-5-18-7-10/h1,3,5,7,11H,2,4,6,8-9H2,(H,19,22)/t11-/m0/s1. The van der Waals surface area contributed by atoms with Crippen LogP contribution in [0.15, 0.2) is 24.5 Å². The van der Waals surface area contributed by atoms with Gasteiger partial charge in [-0.05, 0) is 24.5 Å². The first kappa shape index (κ1) is 17.0. The van der Waals surface area contributed by atoms with E-state index in [0.717, 1.165) is 18.4 Å². The summed E-state index contributed by atoms with van der Waals surface area (Å²) in [4.78, 5) is 28.9. The monoisotopic (exact) mass is 331 g/mol. The first-order chi connectivity index (χ1) is 10.9. The molecule has 2 rings (SSSR count). The fourth-order valence-corrected chi connectivity index (χ4v) is 2.43. The number of pyridine rings is 1. The molecule has 2 amide bonds. The number of alkyl carbamates (subject to hydrolysis) is 1.